The van der Waals surface area contributed by atoms with Crippen LogP contribution in [0.3, 0.4) is 0 Å². The molecule has 0 saturated carbocycles. The largest absolute Gasteiger partial charge is 0.507 e. The lowest BCUT2D eigenvalue weighted by Gasteiger charge is -2.37. The minimum absolute atomic E-state index is 0.00566. The number of alkyl halides is 1. The minimum atomic E-state index is -1.66. The molecule has 1 aliphatic heterocycles. The molecule has 1 aromatic carbocycles. The number of aryl methyl sites for hydroxylation is 1. The molecule has 0 spiro atoms. The number of benzene rings is 1. The fourth-order valence-corrected chi connectivity index (χ4v) is 3.93. The molecular weight excluding hydrogens is 419 g/mol. The van der Waals surface area contributed by atoms with Crippen LogP contribution >= 0.6 is 22.6 Å². The highest BCUT2D eigenvalue weighted by Gasteiger charge is 2.34. The number of aliphatic hydroxyl groups excluding tert-OH is 1. The number of phenols is 1. The first-order valence-electron chi connectivity index (χ1n) is 8.84. The topological polar surface area (TPSA) is 69.9 Å². The summed E-state index contributed by atoms with van der Waals surface area (Å²) in [6.45, 7) is 6.38. The van der Waals surface area contributed by atoms with E-state index < -0.39 is 6.29 Å². The van der Waals surface area contributed by atoms with Crippen LogP contribution in [0.2, 0.25) is 0 Å². The van der Waals surface area contributed by atoms with Crippen LogP contribution in [0.4, 0.5) is 0 Å². The Morgan fingerprint density at radius 1 is 1.38 bits per heavy atom. The van der Waals surface area contributed by atoms with Crippen LogP contribution in [0.1, 0.15) is 75.9 Å². The molecule has 2 rings (SSSR count). The Morgan fingerprint density at radius 3 is 2.67 bits per heavy atom. The molecule has 1 unspecified atom stereocenters. The number of ether oxygens (including phenoxy) is 1. The third-order valence-electron chi connectivity index (χ3n) is 4.83. The molecule has 24 heavy (non-hydrogen) atoms. The quantitative estimate of drug-likeness (QED) is 0.329. The molecule has 0 saturated heterocycles. The third kappa shape index (κ3) is 4.55. The second-order valence-corrected chi connectivity index (χ2v) is 9.25. The molecule has 1 heterocycles. The molecule has 5 heteroatoms. The summed E-state index contributed by atoms with van der Waals surface area (Å²) in [6, 6.07) is 1.89. The summed E-state index contributed by atoms with van der Waals surface area (Å²) in [4.78, 5) is 0. The van der Waals surface area contributed by atoms with Crippen LogP contribution in [0.15, 0.2) is 6.07 Å². The van der Waals surface area contributed by atoms with Gasteiger partial charge in [-0.3, -0.25) is 0 Å². The maximum absolute atomic E-state index is 10.5. The van der Waals surface area contributed by atoms with Crippen molar-refractivity contribution in [3.8, 4) is 11.5 Å². The first kappa shape index (κ1) is 19.8. The molecule has 0 fully saturated rings. The SMILES string of the molecule is CCCc1cc2c(c(O)c1C(O)O)CC[C@@](C)(CCCC(C)I)O2. The van der Waals surface area contributed by atoms with Gasteiger partial charge in [-0.25, -0.2) is 0 Å². The number of halogens is 1. The van der Waals surface area contributed by atoms with E-state index in [0.29, 0.717) is 28.1 Å². The van der Waals surface area contributed by atoms with Gasteiger partial charge in [-0.05, 0) is 57.1 Å². The summed E-state index contributed by atoms with van der Waals surface area (Å²) in [5, 5.41) is 29.8. The van der Waals surface area contributed by atoms with Gasteiger partial charge in [-0.15, -0.1) is 0 Å². The van der Waals surface area contributed by atoms with Gasteiger partial charge < -0.3 is 20.1 Å². The lowest BCUT2D eigenvalue weighted by Crippen LogP contribution is -2.36. The van der Waals surface area contributed by atoms with Crippen molar-refractivity contribution in [3.05, 3.63) is 22.8 Å². The number of hydrogen-bond acceptors (Lipinski definition) is 4. The van der Waals surface area contributed by atoms with Crippen molar-refractivity contribution in [1.82, 2.24) is 0 Å². The standard InChI is InChI=1S/C19H29IO4/c1-4-6-13-11-15-14(17(21)16(13)18(22)23)8-10-19(3,24-15)9-5-7-12(2)20/h11-12,18,21-23H,4-10H2,1-3H3/t12?,19-/m1/s1. The molecule has 3 N–H and O–H groups in total. The summed E-state index contributed by atoms with van der Waals surface area (Å²) in [5.41, 5.74) is 1.49. The second-order valence-electron chi connectivity index (χ2n) is 7.12. The predicted molar refractivity (Wildman–Crippen MR) is 104 cm³/mol. The molecule has 1 aliphatic rings. The monoisotopic (exact) mass is 448 g/mol. The zero-order valence-corrected chi connectivity index (χ0v) is 17.0. The predicted octanol–water partition coefficient (Wildman–Crippen LogP) is 4.41. The summed E-state index contributed by atoms with van der Waals surface area (Å²) < 4.78 is 6.94. The molecular formula is C19H29IO4. The number of rotatable bonds is 7. The molecule has 0 aromatic heterocycles. The van der Waals surface area contributed by atoms with Crippen molar-refractivity contribution in [2.45, 2.75) is 81.5 Å². The molecule has 0 radical (unpaired) electrons. The van der Waals surface area contributed by atoms with Crippen LogP contribution in [-0.2, 0) is 12.8 Å². The van der Waals surface area contributed by atoms with E-state index in [1.807, 2.05) is 13.0 Å². The van der Waals surface area contributed by atoms with E-state index in [2.05, 4.69) is 36.4 Å². The summed E-state index contributed by atoms with van der Waals surface area (Å²) in [6.07, 6.45) is 4.71. The summed E-state index contributed by atoms with van der Waals surface area (Å²) >= 11 is 2.45. The molecule has 0 bridgehead atoms. The van der Waals surface area contributed by atoms with Crippen molar-refractivity contribution in [2.24, 2.45) is 0 Å². The summed E-state index contributed by atoms with van der Waals surface area (Å²) in [7, 11) is 0. The number of hydrogen-bond donors (Lipinski definition) is 3. The molecule has 136 valence electrons. The van der Waals surface area contributed by atoms with Crippen molar-refractivity contribution in [1.29, 1.82) is 0 Å². The highest BCUT2D eigenvalue weighted by Crippen LogP contribution is 2.44. The summed E-state index contributed by atoms with van der Waals surface area (Å²) in [5.74, 6) is 0.700. The Hall–Kier alpha value is -0.530. The van der Waals surface area contributed by atoms with Gasteiger partial charge in [0.1, 0.15) is 17.1 Å². The van der Waals surface area contributed by atoms with Crippen LogP contribution in [0.5, 0.6) is 11.5 Å². The van der Waals surface area contributed by atoms with Gasteiger partial charge in [0.25, 0.3) is 0 Å². The zero-order valence-electron chi connectivity index (χ0n) is 14.8. The smallest absolute Gasteiger partial charge is 0.182 e. The van der Waals surface area contributed by atoms with E-state index in [4.69, 9.17) is 4.74 Å². The van der Waals surface area contributed by atoms with Crippen LogP contribution < -0.4 is 4.74 Å². The number of fused-ring (bicyclic) bond motifs is 1. The normalized spacial score (nSPS) is 21.5. The van der Waals surface area contributed by atoms with Gasteiger partial charge in [-0.1, -0.05) is 42.9 Å². The molecule has 4 nitrogen and oxygen atoms in total. The Bertz CT molecular complexity index is 571. The van der Waals surface area contributed by atoms with Crippen molar-refractivity contribution in [2.75, 3.05) is 0 Å². The van der Waals surface area contributed by atoms with Crippen molar-refractivity contribution < 1.29 is 20.1 Å². The molecule has 0 amide bonds. The van der Waals surface area contributed by atoms with E-state index in [9.17, 15) is 15.3 Å². The Balaban J connectivity index is 2.27. The lowest BCUT2D eigenvalue weighted by atomic mass is 9.86. The van der Waals surface area contributed by atoms with Gasteiger partial charge in [-0.2, -0.15) is 0 Å². The maximum Gasteiger partial charge on any atom is 0.182 e. The van der Waals surface area contributed by atoms with Crippen LogP contribution in [0.25, 0.3) is 0 Å². The van der Waals surface area contributed by atoms with E-state index in [0.717, 1.165) is 31.2 Å². The van der Waals surface area contributed by atoms with Crippen LogP contribution in [0, 0.1) is 0 Å². The highest BCUT2D eigenvalue weighted by atomic mass is 127. The Labute approximate surface area is 158 Å². The van der Waals surface area contributed by atoms with Gasteiger partial charge in [0, 0.05) is 9.49 Å². The third-order valence-corrected chi connectivity index (χ3v) is 5.46. The fourth-order valence-electron chi connectivity index (χ4n) is 3.49. The van der Waals surface area contributed by atoms with Crippen molar-refractivity contribution >= 4 is 22.6 Å². The van der Waals surface area contributed by atoms with E-state index in [-0.39, 0.29) is 16.9 Å². The van der Waals surface area contributed by atoms with Gasteiger partial charge in [0.2, 0.25) is 0 Å². The number of aliphatic hydroxyl groups is 2. The van der Waals surface area contributed by atoms with Crippen LogP contribution in [-0.4, -0.2) is 24.8 Å². The van der Waals surface area contributed by atoms with Crippen molar-refractivity contribution in [3.63, 3.8) is 0 Å². The first-order chi connectivity index (χ1) is 11.3. The Kier molecular flexibility index (Phi) is 6.79. The zero-order chi connectivity index (χ0) is 17.9. The van der Waals surface area contributed by atoms with E-state index in [1.165, 1.54) is 6.42 Å². The average Bonchev–Trinajstić information content (AvgIpc) is 2.46. The first-order valence-corrected chi connectivity index (χ1v) is 10.1. The number of phenolic OH excluding ortho intramolecular Hbond substituents is 1. The Morgan fingerprint density at radius 2 is 2.08 bits per heavy atom. The van der Waals surface area contributed by atoms with E-state index >= 15 is 0 Å². The second kappa shape index (κ2) is 8.23. The fraction of sp³-hybridized carbons (Fsp3) is 0.684. The number of aromatic hydroxyl groups is 1. The molecule has 2 atom stereocenters. The average molecular weight is 448 g/mol. The minimum Gasteiger partial charge on any atom is -0.507 e. The highest BCUT2D eigenvalue weighted by molar-refractivity contribution is 14.1. The lowest BCUT2D eigenvalue weighted by molar-refractivity contribution is -0.0448. The van der Waals surface area contributed by atoms with Gasteiger partial charge >= 0.3 is 0 Å². The van der Waals surface area contributed by atoms with Gasteiger partial charge in [0.05, 0.1) is 5.56 Å². The molecule has 1 aromatic rings. The van der Waals surface area contributed by atoms with E-state index in [1.54, 1.807) is 0 Å². The van der Waals surface area contributed by atoms with Gasteiger partial charge in [0.15, 0.2) is 6.29 Å². The molecule has 0 aliphatic carbocycles. The maximum atomic E-state index is 10.5.